The highest BCUT2D eigenvalue weighted by atomic mass is 35.5. The quantitative estimate of drug-likeness (QED) is 0.678. The van der Waals surface area contributed by atoms with Crippen molar-refractivity contribution in [3.63, 3.8) is 0 Å². The minimum absolute atomic E-state index is 0.148. The predicted octanol–water partition coefficient (Wildman–Crippen LogP) is 2.59. The molecule has 2 rings (SSSR count). The summed E-state index contributed by atoms with van der Waals surface area (Å²) in [6.07, 6.45) is 1.83. The summed E-state index contributed by atoms with van der Waals surface area (Å²) in [7, 11) is 0. The first-order chi connectivity index (χ1) is 6.77. The molecule has 76 valence electrons. The summed E-state index contributed by atoms with van der Waals surface area (Å²) in [6.45, 7) is 1.59. The molecule has 1 saturated heterocycles. The summed E-state index contributed by atoms with van der Waals surface area (Å²) in [5, 5.41) is 4.08. The molecule has 0 saturated carbocycles. The number of likely N-dealkylation sites (tertiary alicyclic amines) is 1. The summed E-state index contributed by atoms with van der Waals surface area (Å²) in [5.74, 6) is 0.148. The van der Waals surface area contributed by atoms with Crippen LogP contribution in [0.1, 0.15) is 23.2 Å². The first kappa shape index (κ1) is 9.99. The molecule has 2 nitrogen and oxygen atoms in total. The van der Waals surface area contributed by atoms with Crippen LogP contribution in [0.25, 0.3) is 0 Å². The van der Waals surface area contributed by atoms with Gasteiger partial charge in [0.25, 0.3) is 5.91 Å². The van der Waals surface area contributed by atoms with Gasteiger partial charge in [-0.2, -0.15) is 11.3 Å². The van der Waals surface area contributed by atoms with Crippen LogP contribution < -0.4 is 0 Å². The van der Waals surface area contributed by atoms with E-state index in [2.05, 4.69) is 0 Å². The third-order valence-corrected chi connectivity index (χ3v) is 3.60. The maximum Gasteiger partial charge on any atom is 0.254 e. The Balaban J connectivity index is 1.99. The van der Waals surface area contributed by atoms with Crippen LogP contribution in [0.5, 0.6) is 0 Å². The lowest BCUT2D eigenvalue weighted by Crippen LogP contribution is -2.38. The van der Waals surface area contributed by atoms with Gasteiger partial charge in [0, 0.05) is 23.8 Å². The third-order valence-electron chi connectivity index (χ3n) is 2.48. The molecule has 1 aliphatic rings. The Morgan fingerprint density at radius 1 is 1.50 bits per heavy atom. The lowest BCUT2D eigenvalue weighted by atomic mass is 10.1. The number of hydrogen-bond acceptors (Lipinski definition) is 2. The van der Waals surface area contributed by atoms with Crippen LogP contribution in [0.2, 0.25) is 0 Å². The van der Waals surface area contributed by atoms with E-state index in [0.29, 0.717) is 0 Å². The van der Waals surface area contributed by atoms with E-state index in [1.807, 2.05) is 21.7 Å². The van der Waals surface area contributed by atoms with Crippen molar-refractivity contribution >= 4 is 28.8 Å². The first-order valence-corrected chi connectivity index (χ1v) is 6.11. The Morgan fingerprint density at radius 3 is 2.79 bits per heavy atom. The molecule has 0 N–H and O–H groups in total. The van der Waals surface area contributed by atoms with E-state index in [1.165, 1.54) is 0 Å². The minimum atomic E-state index is 0.148. The van der Waals surface area contributed by atoms with Gasteiger partial charge in [-0.15, -0.1) is 11.6 Å². The summed E-state index contributed by atoms with van der Waals surface area (Å²) < 4.78 is 0. The summed E-state index contributed by atoms with van der Waals surface area (Å²) in [6, 6.07) is 1.87. The average molecular weight is 230 g/mol. The molecular weight excluding hydrogens is 218 g/mol. The zero-order valence-corrected chi connectivity index (χ0v) is 9.35. The minimum Gasteiger partial charge on any atom is -0.339 e. The fourth-order valence-corrected chi connectivity index (χ4v) is 2.44. The van der Waals surface area contributed by atoms with Crippen molar-refractivity contribution in [3.8, 4) is 0 Å². The number of amides is 1. The average Bonchev–Trinajstić information content (AvgIpc) is 2.71. The predicted molar refractivity (Wildman–Crippen MR) is 59.1 cm³/mol. The highest BCUT2D eigenvalue weighted by Crippen LogP contribution is 2.18. The molecule has 1 amide bonds. The molecule has 0 radical (unpaired) electrons. The van der Waals surface area contributed by atoms with Gasteiger partial charge in [0.15, 0.2) is 0 Å². The highest BCUT2D eigenvalue weighted by Gasteiger charge is 2.22. The molecule has 1 aliphatic heterocycles. The third kappa shape index (κ3) is 2.10. The molecular formula is C10H12ClNOS. The molecule has 0 bridgehead atoms. The Labute approximate surface area is 92.5 Å². The van der Waals surface area contributed by atoms with E-state index in [-0.39, 0.29) is 11.3 Å². The van der Waals surface area contributed by atoms with Crippen LogP contribution in [0.15, 0.2) is 16.8 Å². The first-order valence-electron chi connectivity index (χ1n) is 4.73. The van der Waals surface area contributed by atoms with Crippen LogP contribution >= 0.6 is 22.9 Å². The van der Waals surface area contributed by atoms with Crippen molar-refractivity contribution < 1.29 is 4.79 Å². The normalized spacial score (nSPS) is 18.5. The molecule has 4 heteroatoms. The van der Waals surface area contributed by atoms with Crippen molar-refractivity contribution in [1.29, 1.82) is 0 Å². The Morgan fingerprint density at radius 2 is 2.21 bits per heavy atom. The standard InChI is InChI=1S/C10H12ClNOS/c11-9-1-4-12(5-2-9)10(13)8-3-6-14-7-8/h3,6-7,9H,1-2,4-5H2. The van der Waals surface area contributed by atoms with Crippen molar-refractivity contribution in [2.75, 3.05) is 13.1 Å². The van der Waals surface area contributed by atoms with Crippen molar-refractivity contribution in [2.45, 2.75) is 18.2 Å². The van der Waals surface area contributed by atoms with E-state index >= 15 is 0 Å². The van der Waals surface area contributed by atoms with Gasteiger partial charge in [0.05, 0.1) is 5.56 Å². The van der Waals surface area contributed by atoms with Crippen molar-refractivity contribution in [3.05, 3.63) is 22.4 Å². The molecule has 1 fully saturated rings. The van der Waals surface area contributed by atoms with Gasteiger partial charge in [-0.1, -0.05) is 0 Å². The summed E-state index contributed by atoms with van der Waals surface area (Å²) in [4.78, 5) is 13.7. The number of carbonyl (C=O) groups is 1. The molecule has 0 aliphatic carbocycles. The SMILES string of the molecule is O=C(c1ccsc1)N1CCC(Cl)CC1. The Kier molecular flexibility index (Phi) is 3.08. The van der Waals surface area contributed by atoms with Crippen molar-refractivity contribution in [1.82, 2.24) is 4.90 Å². The molecule has 0 spiro atoms. The van der Waals surface area contributed by atoms with E-state index in [4.69, 9.17) is 11.6 Å². The number of carbonyl (C=O) groups excluding carboxylic acids is 1. The molecule has 0 atom stereocenters. The highest BCUT2D eigenvalue weighted by molar-refractivity contribution is 7.08. The second-order valence-corrected chi connectivity index (χ2v) is 4.88. The molecule has 2 heterocycles. The lowest BCUT2D eigenvalue weighted by Gasteiger charge is -2.29. The number of alkyl halides is 1. The van der Waals surface area contributed by atoms with E-state index in [1.54, 1.807) is 11.3 Å². The second kappa shape index (κ2) is 4.32. The topological polar surface area (TPSA) is 20.3 Å². The van der Waals surface area contributed by atoms with Crippen LogP contribution in [0.3, 0.4) is 0 Å². The van der Waals surface area contributed by atoms with Crippen LogP contribution in [0.4, 0.5) is 0 Å². The van der Waals surface area contributed by atoms with Gasteiger partial charge in [0.2, 0.25) is 0 Å². The molecule has 1 aromatic rings. The fourth-order valence-electron chi connectivity index (χ4n) is 1.62. The smallest absolute Gasteiger partial charge is 0.254 e. The van der Waals surface area contributed by atoms with Crippen LogP contribution in [0, 0.1) is 0 Å². The molecule has 1 aromatic heterocycles. The lowest BCUT2D eigenvalue weighted by molar-refractivity contribution is 0.0727. The van der Waals surface area contributed by atoms with Gasteiger partial charge in [-0.25, -0.2) is 0 Å². The van der Waals surface area contributed by atoms with Crippen LogP contribution in [-0.4, -0.2) is 29.3 Å². The van der Waals surface area contributed by atoms with Gasteiger partial charge in [-0.05, 0) is 24.3 Å². The van der Waals surface area contributed by atoms with E-state index in [0.717, 1.165) is 31.5 Å². The number of hydrogen-bond donors (Lipinski definition) is 0. The summed E-state index contributed by atoms with van der Waals surface area (Å²) >= 11 is 7.53. The van der Waals surface area contributed by atoms with Gasteiger partial charge in [-0.3, -0.25) is 4.79 Å². The van der Waals surface area contributed by atoms with E-state index in [9.17, 15) is 4.79 Å². The maximum absolute atomic E-state index is 11.9. The molecule has 0 unspecified atom stereocenters. The maximum atomic E-state index is 11.9. The number of thiophene rings is 1. The zero-order valence-electron chi connectivity index (χ0n) is 7.78. The summed E-state index contributed by atoms with van der Waals surface area (Å²) in [5.41, 5.74) is 0.808. The van der Waals surface area contributed by atoms with Gasteiger partial charge < -0.3 is 4.90 Å². The van der Waals surface area contributed by atoms with Crippen molar-refractivity contribution in [2.24, 2.45) is 0 Å². The number of piperidine rings is 1. The van der Waals surface area contributed by atoms with Crippen LogP contribution in [-0.2, 0) is 0 Å². The van der Waals surface area contributed by atoms with E-state index < -0.39 is 0 Å². The molecule has 14 heavy (non-hydrogen) atoms. The second-order valence-electron chi connectivity index (χ2n) is 3.48. The zero-order chi connectivity index (χ0) is 9.97. The fraction of sp³-hybridized carbons (Fsp3) is 0.500. The number of nitrogens with zero attached hydrogens (tertiary/aromatic N) is 1. The monoisotopic (exact) mass is 229 g/mol. The molecule has 0 aromatic carbocycles. The van der Waals surface area contributed by atoms with Gasteiger partial charge >= 0.3 is 0 Å². The number of rotatable bonds is 1. The largest absolute Gasteiger partial charge is 0.339 e. The van der Waals surface area contributed by atoms with Gasteiger partial charge in [0.1, 0.15) is 0 Å². The Hall–Kier alpha value is -0.540. The Bertz CT molecular complexity index is 304. The number of halogens is 1.